The van der Waals surface area contributed by atoms with Crippen molar-refractivity contribution in [2.24, 2.45) is 0 Å². The highest BCUT2D eigenvalue weighted by molar-refractivity contribution is 7.99. The van der Waals surface area contributed by atoms with Crippen molar-refractivity contribution in [1.82, 2.24) is 14.9 Å². The van der Waals surface area contributed by atoms with Crippen LogP contribution in [0.5, 0.6) is 0 Å². The number of nitrogens with one attached hydrogen (secondary N) is 1. The van der Waals surface area contributed by atoms with Crippen molar-refractivity contribution >= 4 is 50.6 Å². The summed E-state index contributed by atoms with van der Waals surface area (Å²) in [5.41, 5.74) is 2.94. The highest BCUT2D eigenvalue weighted by atomic mass is 32.2. The number of carbonyl (C=O) groups is 1. The monoisotopic (exact) mass is 467 g/mol. The van der Waals surface area contributed by atoms with E-state index < -0.39 is 0 Å². The van der Waals surface area contributed by atoms with Crippen LogP contribution in [0.2, 0.25) is 0 Å². The quantitative estimate of drug-likeness (QED) is 0.223. The fraction of sp³-hybridized carbons (Fsp3) is 0.174. The lowest BCUT2D eigenvalue weighted by atomic mass is 10.1. The molecule has 0 aliphatic rings. The molecular weight excluding hydrogens is 446 g/mol. The van der Waals surface area contributed by atoms with Gasteiger partial charge in [-0.3, -0.25) is 14.2 Å². The fourth-order valence-electron chi connectivity index (χ4n) is 3.13. The molecule has 3 heterocycles. The highest BCUT2D eigenvalue weighted by Crippen LogP contribution is 2.32. The van der Waals surface area contributed by atoms with Crippen LogP contribution in [0.25, 0.3) is 21.3 Å². The van der Waals surface area contributed by atoms with Crippen LogP contribution < -0.4 is 10.9 Å². The van der Waals surface area contributed by atoms with E-state index in [1.165, 1.54) is 28.7 Å². The molecular formula is C23H21N3O2S3. The second-order valence-electron chi connectivity index (χ2n) is 6.94. The lowest BCUT2D eigenvalue weighted by molar-refractivity contribution is -0.118. The Balaban J connectivity index is 1.60. The smallest absolute Gasteiger partial charge is 0.263 e. The minimum atomic E-state index is -0.108. The number of thioether (sulfide) groups is 1. The molecule has 3 aromatic heterocycles. The lowest BCUT2D eigenvalue weighted by Crippen LogP contribution is -2.26. The number of amides is 1. The van der Waals surface area contributed by atoms with Crippen molar-refractivity contribution in [2.45, 2.75) is 25.2 Å². The van der Waals surface area contributed by atoms with Gasteiger partial charge in [-0.15, -0.1) is 29.3 Å². The molecule has 0 aliphatic carbocycles. The van der Waals surface area contributed by atoms with Crippen LogP contribution in [0.1, 0.15) is 10.4 Å². The Morgan fingerprint density at radius 2 is 2.06 bits per heavy atom. The van der Waals surface area contributed by atoms with E-state index in [9.17, 15) is 9.59 Å². The molecule has 5 nitrogen and oxygen atoms in total. The van der Waals surface area contributed by atoms with Gasteiger partial charge in [0, 0.05) is 22.4 Å². The molecule has 4 rings (SSSR count). The number of hydrogen-bond donors (Lipinski definition) is 1. The van der Waals surface area contributed by atoms with E-state index in [0.717, 1.165) is 16.0 Å². The number of fused-ring (bicyclic) bond motifs is 1. The lowest BCUT2D eigenvalue weighted by Gasteiger charge is -2.11. The van der Waals surface area contributed by atoms with Gasteiger partial charge in [-0.05, 0) is 23.9 Å². The van der Waals surface area contributed by atoms with Crippen LogP contribution in [0, 0.1) is 6.92 Å². The first kappa shape index (κ1) is 21.5. The summed E-state index contributed by atoms with van der Waals surface area (Å²) < 4.78 is 1.59. The Bertz CT molecular complexity index is 1270. The number of allylic oxidation sites excluding steroid dienone is 1. The van der Waals surface area contributed by atoms with Gasteiger partial charge in [0.25, 0.3) is 5.56 Å². The van der Waals surface area contributed by atoms with E-state index in [-0.39, 0.29) is 17.2 Å². The van der Waals surface area contributed by atoms with Crippen LogP contribution in [0.3, 0.4) is 0 Å². The molecule has 1 amide bonds. The number of thiophene rings is 2. The second kappa shape index (κ2) is 9.64. The van der Waals surface area contributed by atoms with Crippen molar-refractivity contribution in [2.75, 3.05) is 5.75 Å². The molecule has 0 fully saturated rings. The summed E-state index contributed by atoms with van der Waals surface area (Å²) in [5.74, 6) is 0.0980. The van der Waals surface area contributed by atoms with Gasteiger partial charge < -0.3 is 5.32 Å². The van der Waals surface area contributed by atoms with Crippen molar-refractivity contribution < 1.29 is 4.79 Å². The van der Waals surface area contributed by atoms with Gasteiger partial charge in [-0.1, -0.05) is 53.7 Å². The Hall–Kier alpha value is -2.68. The Kier molecular flexibility index (Phi) is 6.70. The number of carbonyl (C=O) groups excluding carboxylic acids is 1. The second-order valence-corrected chi connectivity index (χ2v) is 9.77. The van der Waals surface area contributed by atoms with E-state index in [1.807, 2.05) is 54.1 Å². The normalized spacial score (nSPS) is 11.0. The van der Waals surface area contributed by atoms with Crippen molar-refractivity contribution in [1.29, 1.82) is 0 Å². The zero-order valence-electron chi connectivity index (χ0n) is 17.0. The first-order chi connectivity index (χ1) is 15.1. The summed E-state index contributed by atoms with van der Waals surface area (Å²) in [6.45, 7) is 6.66. The number of aromatic nitrogens is 2. The van der Waals surface area contributed by atoms with E-state index in [4.69, 9.17) is 4.98 Å². The first-order valence-corrected chi connectivity index (χ1v) is 12.4. The maximum atomic E-state index is 13.4. The van der Waals surface area contributed by atoms with Gasteiger partial charge in [-0.25, -0.2) is 4.98 Å². The summed E-state index contributed by atoms with van der Waals surface area (Å²) in [6.07, 6.45) is 1.67. The van der Waals surface area contributed by atoms with Gasteiger partial charge in [-0.2, -0.15) is 0 Å². The average Bonchev–Trinajstić information content (AvgIpc) is 3.44. The predicted molar refractivity (Wildman–Crippen MR) is 131 cm³/mol. The number of rotatable bonds is 8. The standard InChI is InChI=1S/C23H21N3O2S3/c1-3-10-26-22(28)20-18(16-8-6-15(2)7-9-16)13-30-21(20)25-23(26)31-14-19(27)24-12-17-5-4-11-29-17/h3-9,11,13H,1,10,12,14H2,2H3,(H,24,27). The summed E-state index contributed by atoms with van der Waals surface area (Å²) in [6, 6.07) is 12.1. The SMILES string of the molecule is C=CCn1c(SCC(=O)NCc2cccs2)nc2scc(-c3ccc(C)cc3)c2c1=O. The number of hydrogen-bond acceptors (Lipinski definition) is 6. The third kappa shape index (κ3) is 4.81. The molecule has 4 aromatic rings. The Morgan fingerprint density at radius 1 is 1.26 bits per heavy atom. The van der Waals surface area contributed by atoms with Crippen LogP contribution >= 0.6 is 34.4 Å². The van der Waals surface area contributed by atoms with E-state index >= 15 is 0 Å². The predicted octanol–water partition coefficient (Wildman–Crippen LogP) is 5.09. The van der Waals surface area contributed by atoms with Crippen LogP contribution in [0.15, 0.2) is 69.8 Å². The fourth-order valence-corrected chi connectivity index (χ4v) is 5.60. The molecule has 158 valence electrons. The zero-order valence-corrected chi connectivity index (χ0v) is 19.4. The molecule has 8 heteroatoms. The van der Waals surface area contributed by atoms with E-state index in [1.54, 1.807) is 22.0 Å². The molecule has 0 atom stereocenters. The first-order valence-electron chi connectivity index (χ1n) is 9.68. The maximum Gasteiger partial charge on any atom is 0.263 e. The summed E-state index contributed by atoms with van der Waals surface area (Å²) >= 11 is 4.32. The zero-order chi connectivity index (χ0) is 21.8. The molecule has 0 radical (unpaired) electrons. The number of aryl methyl sites for hydroxylation is 1. The molecule has 1 N–H and O–H groups in total. The minimum Gasteiger partial charge on any atom is -0.350 e. The minimum absolute atomic E-state index is 0.0931. The maximum absolute atomic E-state index is 13.4. The molecule has 0 spiro atoms. The van der Waals surface area contributed by atoms with Crippen LogP contribution in [-0.4, -0.2) is 21.2 Å². The van der Waals surface area contributed by atoms with Crippen LogP contribution in [0.4, 0.5) is 0 Å². The third-order valence-corrected chi connectivity index (χ3v) is 7.43. The van der Waals surface area contributed by atoms with Gasteiger partial charge >= 0.3 is 0 Å². The Labute approximate surface area is 192 Å². The van der Waals surface area contributed by atoms with Crippen molar-refractivity contribution in [3.05, 3.63) is 80.6 Å². The molecule has 0 saturated heterocycles. The Morgan fingerprint density at radius 3 is 2.77 bits per heavy atom. The number of benzene rings is 1. The molecule has 0 bridgehead atoms. The molecule has 1 aromatic carbocycles. The molecule has 0 unspecified atom stereocenters. The van der Waals surface area contributed by atoms with E-state index in [2.05, 4.69) is 11.9 Å². The molecule has 0 saturated carbocycles. The summed E-state index contributed by atoms with van der Waals surface area (Å²) in [7, 11) is 0. The van der Waals surface area contributed by atoms with Crippen LogP contribution in [-0.2, 0) is 17.9 Å². The average molecular weight is 468 g/mol. The third-order valence-electron chi connectivity index (χ3n) is 4.71. The van der Waals surface area contributed by atoms with Crippen molar-refractivity contribution in [3.8, 4) is 11.1 Å². The van der Waals surface area contributed by atoms with E-state index in [0.29, 0.717) is 28.5 Å². The van der Waals surface area contributed by atoms with Gasteiger partial charge in [0.15, 0.2) is 5.16 Å². The summed E-state index contributed by atoms with van der Waals surface area (Å²) in [5, 5.41) is 8.01. The highest BCUT2D eigenvalue weighted by Gasteiger charge is 2.17. The summed E-state index contributed by atoms with van der Waals surface area (Å²) in [4.78, 5) is 32.1. The van der Waals surface area contributed by atoms with Gasteiger partial charge in [0.1, 0.15) is 4.83 Å². The number of nitrogens with zero attached hydrogens (tertiary/aromatic N) is 2. The molecule has 0 aliphatic heterocycles. The molecule has 31 heavy (non-hydrogen) atoms. The topological polar surface area (TPSA) is 64.0 Å². The largest absolute Gasteiger partial charge is 0.350 e. The van der Waals surface area contributed by atoms with Crippen molar-refractivity contribution in [3.63, 3.8) is 0 Å². The van der Waals surface area contributed by atoms with Gasteiger partial charge in [0.05, 0.1) is 17.7 Å². The van der Waals surface area contributed by atoms with Gasteiger partial charge in [0.2, 0.25) is 5.91 Å².